The van der Waals surface area contributed by atoms with E-state index in [0.29, 0.717) is 11.0 Å². The van der Waals surface area contributed by atoms with E-state index in [2.05, 4.69) is 25.7 Å². The Labute approximate surface area is 115 Å². The number of nitrogens with zero attached hydrogens (tertiary/aromatic N) is 1. The number of carboxylic acid groups (broad SMARTS) is 1. The van der Waals surface area contributed by atoms with Gasteiger partial charge in [0.05, 0.1) is 5.56 Å². The van der Waals surface area contributed by atoms with E-state index in [1.54, 1.807) is 12.1 Å². The third kappa shape index (κ3) is 3.35. The van der Waals surface area contributed by atoms with Crippen molar-refractivity contribution in [3.05, 3.63) is 35.4 Å². The van der Waals surface area contributed by atoms with E-state index in [0.717, 1.165) is 37.5 Å². The maximum Gasteiger partial charge on any atom is 0.335 e. The van der Waals surface area contributed by atoms with Crippen molar-refractivity contribution in [3.63, 3.8) is 0 Å². The fourth-order valence-electron chi connectivity index (χ4n) is 2.53. The zero-order valence-corrected chi connectivity index (χ0v) is 12.0. The summed E-state index contributed by atoms with van der Waals surface area (Å²) >= 11 is 0. The lowest BCUT2D eigenvalue weighted by Crippen LogP contribution is -2.52. The van der Waals surface area contributed by atoms with Crippen LogP contribution in [0.3, 0.4) is 0 Å². The van der Waals surface area contributed by atoms with Gasteiger partial charge in [-0.25, -0.2) is 4.79 Å². The SMILES string of the molecule is CC(C)(C)C1CN(CCc2ccccc2C(=O)O)C1. The highest BCUT2D eigenvalue weighted by Gasteiger charge is 2.35. The second-order valence-corrected chi connectivity index (χ2v) is 6.53. The molecule has 1 N–H and O–H groups in total. The third-order valence-corrected chi connectivity index (χ3v) is 4.13. The number of carbonyl (C=O) groups is 1. The Kier molecular flexibility index (Phi) is 3.95. The van der Waals surface area contributed by atoms with E-state index in [1.807, 2.05) is 12.1 Å². The van der Waals surface area contributed by atoms with Gasteiger partial charge in [0.25, 0.3) is 0 Å². The van der Waals surface area contributed by atoms with Gasteiger partial charge in [0, 0.05) is 19.6 Å². The van der Waals surface area contributed by atoms with Gasteiger partial charge >= 0.3 is 5.97 Å². The molecule has 1 aliphatic heterocycles. The molecule has 0 saturated carbocycles. The lowest BCUT2D eigenvalue weighted by Gasteiger charge is -2.46. The molecule has 0 amide bonds. The molecule has 0 radical (unpaired) electrons. The Balaban J connectivity index is 1.87. The van der Waals surface area contributed by atoms with Gasteiger partial charge in [-0.05, 0) is 29.4 Å². The van der Waals surface area contributed by atoms with Crippen molar-refractivity contribution in [3.8, 4) is 0 Å². The molecule has 3 nitrogen and oxygen atoms in total. The van der Waals surface area contributed by atoms with E-state index in [1.165, 1.54) is 0 Å². The summed E-state index contributed by atoms with van der Waals surface area (Å²) in [5, 5.41) is 9.14. The van der Waals surface area contributed by atoms with E-state index >= 15 is 0 Å². The van der Waals surface area contributed by atoms with Gasteiger partial charge in [0.15, 0.2) is 0 Å². The van der Waals surface area contributed by atoms with Crippen molar-refractivity contribution in [2.75, 3.05) is 19.6 Å². The van der Waals surface area contributed by atoms with E-state index in [-0.39, 0.29) is 0 Å². The van der Waals surface area contributed by atoms with Gasteiger partial charge < -0.3 is 10.0 Å². The van der Waals surface area contributed by atoms with Gasteiger partial charge in [-0.3, -0.25) is 0 Å². The van der Waals surface area contributed by atoms with Gasteiger partial charge in [-0.2, -0.15) is 0 Å². The fraction of sp³-hybridized carbons (Fsp3) is 0.562. The van der Waals surface area contributed by atoms with Crippen LogP contribution in [0.2, 0.25) is 0 Å². The van der Waals surface area contributed by atoms with Crippen LogP contribution >= 0.6 is 0 Å². The van der Waals surface area contributed by atoms with Crippen LogP contribution in [0, 0.1) is 11.3 Å². The number of benzene rings is 1. The normalized spacial score (nSPS) is 17.2. The van der Waals surface area contributed by atoms with Crippen LogP contribution in [-0.2, 0) is 6.42 Å². The molecule has 0 aromatic heterocycles. The van der Waals surface area contributed by atoms with E-state index < -0.39 is 5.97 Å². The molecule has 3 heteroatoms. The molecule has 0 atom stereocenters. The summed E-state index contributed by atoms with van der Waals surface area (Å²) in [4.78, 5) is 13.5. The Bertz CT molecular complexity index is 456. The molecular formula is C16H23NO2. The Hall–Kier alpha value is -1.35. The highest BCUT2D eigenvalue weighted by atomic mass is 16.4. The smallest absolute Gasteiger partial charge is 0.335 e. The maximum atomic E-state index is 11.1. The zero-order valence-electron chi connectivity index (χ0n) is 12.0. The van der Waals surface area contributed by atoms with Crippen molar-refractivity contribution in [2.45, 2.75) is 27.2 Å². The van der Waals surface area contributed by atoms with Crippen LogP contribution in [0.4, 0.5) is 0 Å². The molecule has 1 aromatic carbocycles. The topological polar surface area (TPSA) is 40.5 Å². The van der Waals surface area contributed by atoms with Crippen LogP contribution in [0.1, 0.15) is 36.7 Å². The molecule has 0 aliphatic carbocycles. The largest absolute Gasteiger partial charge is 0.478 e. The molecule has 1 aromatic rings. The van der Waals surface area contributed by atoms with Gasteiger partial charge in [-0.15, -0.1) is 0 Å². The first-order valence-corrected chi connectivity index (χ1v) is 6.91. The number of aromatic carboxylic acids is 1. The summed E-state index contributed by atoms with van der Waals surface area (Å²) in [6.07, 6.45) is 0.819. The molecule has 0 spiro atoms. The number of likely N-dealkylation sites (tertiary alicyclic amines) is 1. The molecule has 104 valence electrons. The second-order valence-electron chi connectivity index (χ2n) is 6.53. The summed E-state index contributed by atoms with van der Waals surface area (Å²) < 4.78 is 0. The molecule has 1 heterocycles. The average molecular weight is 261 g/mol. The average Bonchev–Trinajstić information content (AvgIpc) is 2.25. The summed E-state index contributed by atoms with van der Waals surface area (Å²) in [5.41, 5.74) is 1.76. The first-order chi connectivity index (χ1) is 8.88. The lowest BCUT2D eigenvalue weighted by molar-refractivity contribution is 0.0259. The van der Waals surface area contributed by atoms with Crippen molar-refractivity contribution in [2.24, 2.45) is 11.3 Å². The summed E-state index contributed by atoms with van der Waals surface area (Å²) in [7, 11) is 0. The van der Waals surface area contributed by atoms with Crippen molar-refractivity contribution in [1.82, 2.24) is 4.90 Å². The van der Waals surface area contributed by atoms with Crippen molar-refractivity contribution < 1.29 is 9.90 Å². The highest BCUT2D eigenvalue weighted by Crippen LogP contribution is 2.33. The second kappa shape index (κ2) is 5.33. The minimum atomic E-state index is -0.827. The summed E-state index contributed by atoms with van der Waals surface area (Å²) in [6, 6.07) is 7.30. The predicted molar refractivity (Wildman–Crippen MR) is 76.5 cm³/mol. The predicted octanol–water partition coefficient (Wildman–Crippen LogP) is 2.91. The Morgan fingerprint density at radius 3 is 2.53 bits per heavy atom. The summed E-state index contributed by atoms with van der Waals surface area (Å²) in [5.74, 6) is -0.0611. The molecule has 0 unspecified atom stereocenters. The molecule has 1 aliphatic rings. The van der Waals surface area contributed by atoms with Crippen LogP contribution in [0.25, 0.3) is 0 Å². The van der Waals surface area contributed by atoms with Crippen molar-refractivity contribution in [1.29, 1.82) is 0 Å². The lowest BCUT2D eigenvalue weighted by atomic mass is 9.76. The third-order valence-electron chi connectivity index (χ3n) is 4.13. The Morgan fingerprint density at radius 1 is 1.32 bits per heavy atom. The minimum Gasteiger partial charge on any atom is -0.478 e. The number of carboxylic acids is 1. The standard InChI is InChI=1S/C16H23NO2/c1-16(2,3)13-10-17(11-13)9-8-12-6-4-5-7-14(12)15(18)19/h4-7,13H,8-11H2,1-3H3,(H,18,19). The van der Waals surface area contributed by atoms with Gasteiger partial charge in [0.1, 0.15) is 0 Å². The van der Waals surface area contributed by atoms with Gasteiger partial charge in [-0.1, -0.05) is 39.0 Å². The van der Waals surface area contributed by atoms with E-state index in [9.17, 15) is 4.79 Å². The van der Waals surface area contributed by atoms with Crippen molar-refractivity contribution >= 4 is 5.97 Å². The molecule has 0 bridgehead atoms. The monoisotopic (exact) mass is 261 g/mol. The number of rotatable bonds is 4. The maximum absolute atomic E-state index is 11.1. The summed E-state index contributed by atoms with van der Waals surface area (Å²) in [6.45, 7) is 10.1. The fourth-order valence-corrected chi connectivity index (χ4v) is 2.53. The number of hydrogen-bond acceptors (Lipinski definition) is 2. The first kappa shape index (κ1) is 14.1. The molecule has 1 fully saturated rings. The van der Waals surface area contributed by atoms with Crippen LogP contribution in [-0.4, -0.2) is 35.6 Å². The quantitative estimate of drug-likeness (QED) is 0.906. The molecular weight excluding hydrogens is 238 g/mol. The van der Waals surface area contributed by atoms with E-state index in [4.69, 9.17) is 5.11 Å². The Morgan fingerprint density at radius 2 is 1.95 bits per heavy atom. The highest BCUT2D eigenvalue weighted by molar-refractivity contribution is 5.89. The van der Waals surface area contributed by atoms with Crippen LogP contribution in [0.5, 0.6) is 0 Å². The first-order valence-electron chi connectivity index (χ1n) is 6.91. The molecule has 1 saturated heterocycles. The minimum absolute atomic E-state index is 0.384. The van der Waals surface area contributed by atoms with Crippen LogP contribution < -0.4 is 0 Å². The molecule has 2 rings (SSSR count). The molecule has 19 heavy (non-hydrogen) atoms. The van der Waals surface area contributed by atoms with Gasteiger partial charge in [0.2, 0.25) is 0 Å². The number of hydrogen-bond donors (Lipinski definition) is 1. The van der Waals surface area contributed by atoms with Crippen LogP contribution in [0.15, 0.2) is 24.3 Å². The zero-order chi connectivity index (χ0) is 14.0.